The Labute approximate surface area is 104 Å². The quantitative estimate of drug-likeness (QED) is 0.731. The number of nitrogens with two attached hydrogens (primary N) is 1. The fourth-order valence-electron chi connectivity index (χ4n) is 1.85. The summed E-state index contributed by atoms with van der Waals surface area (Å²) >= 11 is 0. The van der Waals surface area contributed by atoms with Crippen LogP contribution in [0.25, 0.3) is 0 Å². The SMILES string of the molecule is CC(N)(CC(=O)O)c1ccc2c(c1)NC(=O)CO2. The summed E-state index contributed by atoms with van der Waals surface area (Å²) in [5.41, 5.74) is 6.13. The molecule has 1 aliphatic heterocycles. The number of carbonyl (C=O) groups is 2. The van der Waals surface area contributed by atoms with Gasteiger partial charge < -0.3 is 20.9 Å². The van der Waals surface area contributed by atoms with Gasteiger partial charge in [-0.2, -0.15) is 0 Å². The van der Waals surface area contributed by atoms with Crippen molar-refractivity contribution >= 4 is 17.6 Å². The Morgan fingerprint density at radius 3 is 3.00 bits per heavy atom. The van der Waals surface area contributed by atoms with E-state index in [9.17, 15) is 9.59 Å². The molecule has 1 aromatic carbocycles. The first-order valence-corrected chi connectivity index (χ1v) is 5.46. The zero-order chi connectivity index (χ0) is 13.3. The number of nitrogens with one attached hydrogen (secondary N) is 1. The number of carboxylic acids is 1. The van der Waals surface area contributed by atoms with Gasteiger partial charge in [0.2, 0.25) is 0 Å². The zero-order valence-corrected chi connectivity index (χ0v) is 9.90. The van der Waals surface area contributed by atoms with Gasteiger partial charge in [-0.3, -0.25) is 9.59 Å². The topological polar surface area (TPSA) is 102 Å². The lowest BCUT2D eigenvalue weighted by Gasteiger charge is -2.26. The second kappa shape index (κ2) is 4.30. The van der Waals surface area contributed by atoms with E-state index < -0.39 is 11.5 Å². The molecule has 1 heterocycles. The molecule has 6 heteroatoms. The van der Waals surface area contributed by atoms with Crippen molar-refractivity contribution in [3.05, 3.63) is 23.8 Å². The number of benzene rings is 1. The number of carbonyl (C=O) groups excluding carboxylic acids is 1. The van der Waals surface area contributed by atoms with Crippen LogP contribution in [0.3, 0.4) is 0 Å². The number of hydrogen-bond donors (Lipinski definition) is 3. The van der Waals surface area contributed by atoms with E-state index in [0.29, 0.717) is 17.0 Å². The molecule has 4 N–H and O–H groups in total. The zero-order valence-electron chi connectivity index (χ0n) is 9.90. The van der Waals surface area contributed by atoms with Gasteiger partial charge in [0.1, 0.15) is 5.75 Å². The third-order valence-electron chi connectivity index (χ3n) is 2.79. The molecule has 2 rings (SSSR count). The van der Waals surface area contributed by atoms with Gasteiger partial charge in [0.05, 0.1) is 12.1 Å². The fraction of sp³-hybridized carbons (Fsp3) is 0.333. The average Bonchev–Trinajstić information content (AvgIpc) is 2.26. The third kappa shape index (κ3) is 2.43. The second-order valence-electron chi connectivity index (χ2n) is 4.54. The molecule has 6 nitrogen and oxygen atoms in total. The van der Waals surface area contributed by atoms with Crippen molar-refractivity contribution in [1.29, 1.82) is 0 Å². The standard InChI is InChI=1S/C12H14N2O4/c1-12(13,5-11(16)17)7-2-3-9-8(4-7)14-10(15)6-18-9/h2-4H,5-6,13H2,1H3,(H,14,15)(H,16,17). The monoisotopic (exact) mass is 250 g/mol. The summed E-state index contributed by atoms with van der Waals surface area (Å²) in [5, 5.41) is 11.5. The number of fused-ring (bicyclic) bond motifs is 1. The van der Waals surface area contributed by atoms with Crippen LogP contribution in [0.4, 0.5) is 5.69 Å². The van der Waals surface area contributed by atoms with Crippen LogP contribution in [0, 0.1) is 0 Å². The Morgan fingerprint density at radius 1 is 1.61 bits per heavy atom. The highest BCUT2D eigenvalue weighted by Crippen LogP contribution is 2.32. The molecule has 0 radical (unpaired) electrons. The van der Waals surface area contributed by atoms with E-state index in [2.05, 4.69) is 5.32 Å². The van der Waals surface area contributed by atoms with Crippen molar-refractivity contribution in [2.24, 2.45) is 5.73 Å². The van der Waals surface area contributed by atoms with Gasteiger partial charge in [-0.05, 0) is 24.6 Å². The Kier molecular flexibility index (Phi) is 2.96. The normalized spacial score (nSPS) is 17.1. The van der Waals surface area contributed by atoms with Gasteiger partial charge in [0, 0.05) is 5.54 Å². The lowest BCUT2D eigenvalue weighted by molar-refractivity contribution is -0.138. The summed E-state index contributed by atoms with van der Waals surface area (Å²) in [6, 6.07) is 5.03. The number of carboxylic acid groups (broad SMARTS) is 1. The molecule has 0 saturated heterocycles. The summed E-state index contributed by atoms with van der Waals surface area (Å²) in [4.78, 5) is 22.0. The number of amides is 1. The molecular formula is C12H14N2O4. The maximum Gasteiger partial charge on any atom is 0.305 e. The Balaban J connectivity index is 2.33. The Bertz CT molecular complexity index is 511. The number of rotatable bonds is 3. The first-order chi connectivity index (χ1) is 8.38. The molecule has 0 aliphatic carbocycles. The number of aliphatic carboxylic acids is 1. The van der Waals surface area contributed by atoms with Crippen LogP contribution < -0.4 is 15.8 Å². The van der Waals surface area contributed by atoms with E-state index in [0.717, 1.165) is 0 Å². The second-order valence-corrected chi connectivity index (χ2v) is 4.54. The maximum absolute atomic E-state index is 11.2. The van der Waals surface area contributed by atoms with Crippen LogP contribution in [-0.4, -0.2) is 23.6 Å². The van der Waals surface area contributed by atoms with E-state index >= 15 is 0 Å². The van der Waals surface area contributed by atoms with Crippen molar-refractivity contribution in [3.8, 4) is 5.75 Å². The molecular weight excluding hydrogens is 236 g/mol. The summed E-state index contributed by atoms with van der Waals surface area (Å²) in [6.07, 6.45) is -0.194. The van der Waals surface area contributed by atoms with Gasteiger partial charge >= 0.3 is 5.97 Å². The minimum atomic E-state index is -0.997. The van der Waals surface area contributed by atoms with E-state index in [1.54, 1.807) is 25.1 Å². The van der Waals surface area contributed by atoms with Gasteiger partial charge in [-0.25, -0.2) is 0 Å². The van der Waals surface area contributed by atoms with Gasteiger partial charge in [0.25, 0.3) is 5.91 Å². The Hall–Kier alpha value is -2.08. The largest absolute Gasteiger partial charge is 0.482 e. The van der Waals surface area contributed by atoms with E-state index in [4.69, 9.17) is 15.6 Å². The molecule has 0 fully saturated rings. The maximum atomic E-state index is 11.2. The highest BCUT2D eigenvalue weighted by Gasteiger charge is 2.27. The minimum Gasteiger partial charge on any atom is -0.482 e. The first-order valence-electron chi connectivity index (χ1n) is 5.46. The molecule has 1 aliphatic rings. The number of ether oxygens (including phenoxy) is 1. The van der Waals surface area contributed by atoms with Crippen molar-refractivity contribution in [1.82, 2.24) is 0 Å². The molecule has 1 aromatic rings. The van der Waals surface area contributed by atoms with Crippen LogP contribution in [0.1, 0.15) is 18.9 Å². The van der Waals surface area contributed by atoms with Crippen LogP contribution in [0.5, 0.6) is 5.75 Å². The lowest BCUT2D eigenvalue weighted by atomic mass is 9.89. The van der Waals surface area contributed by atoms with E-state index in [-0.39, 0.29) is 18.9 Å². The van der Waals surface area contributed by atoms with Crippen molar-refractivity contribution in [3.63, 3.8) is 0 Å². The van der Waals surface area contributed by atoms with E-state index in [1.807, 2.05) is 0 Å². The van der Waals surface area contributed by atoms with Gasteiger partial charge in [-0.1, -0.05) is 6.07 Å². The molecule has 1 amide bonds. The summed E-state index contributed by atoms with van der Waals surface area (Å²) in [5.74, 6) is -0.654. The lowest BCUT2D eigenvalue weighted by Crippen LogP contribution is -2.36. The molecule has 0 bridgehead atoms. The number of hydrogen-bond acceptors (Lipinski definition) is 4. The van der Waals surface area contributed by atoms with Crippen LogP contribution >= 0.6 is 0 Å². The van der Waals surface area contributed by atoms with Crippen molar-refractivity contribution < 1.29 is 19.4 Å². The first kappa shape index (κ1) is 12.4. The molecule has 1 atom stereocenters. The molecule has 0 saturated carbocycles. The predicted octanol–water partition coefficient (Wildman–Crippen LogP) is 0.666. The average molecular weight is 250 g/mol. The molecule has 96 valence electrons. The Morgan fingerprint density at radius 2 is 2.33 bits per heavy atom. The summed E-state index contributed by atoms with van der Waals surface area (Å²) < 4.78 is 5.22. The van der Waals surface area contributed by atoms with Crippen LogP contribution in [0.2, 0.25) is 0 Å². The molecule has 1 unspecified atom stereocenters. The van der Waals surface area contributed by atoms with E-state index in [1.165, 1.54) is 0 Å². The molecule has 18 heavy (non-hydrogen) atoms. The van der Waals surface area contributed by atoms with Gasteiger partial charge in [-0.15, -0.1) is 0 Å². The predicted molar refractivity (Wildman–Crippen MR) is 64.4 cm³/mol. The summed E-state index contributed by atoms with van der Waals surface area (Å²) in [7, 11) is 0. The highest BCUT2D eigenvalue weighted by atomic mass is 16.5. The molecule has 0 aromatic heterocycles. The summed E-state index contributed by atoms with van der Waals surface area (Å²) in [6.45, 7) is 1.62. The van der Waals surface area contributed by atoms with Crippen LogP contribution in [0.15, 0.2) is 18.2 Å². The smallest absolute Gasteiger partial charge is 0.305 e. The van der Waals surface area contributed by atoms with Gasteiger partial charge in [0.15, 0.2) is 6.61 Å². The number of anilines is 1. The van der Waals surface area contributed by atoms with Crippen molar-refractivity contribution in [2.45, 2.75) is 18.9 Å². The van der Waals surface area contributed by atoms with Crippen molar-refractivity contribution in [2.75, 3.05) is 11.9 Å². The third-order valence-corrected chi connectivity index (χ3v) is 2.79. The van der Waals surface area contributed by atoms with Crippen LogP contribution in [-0.2, 0) is 15.1 Å². The minimum absolute atomic E-state index is 0.0125. The molecule has 0 spiro atoms. The fourth-order valence-corrected chi connectivity index (χ4v) is 1.85. The highest BCUT2D eigenvalue weighted by molar-refractivity contribution is 5.95.